The molecule has 25 heavy (non-hydrogen) atoms. The molecule has 1 unspecified atom stereocenters. The van der Waals surface area contributed by atoms with Crippen LogP contribution in [0.25, 0.3) is 0 Å². The third-order valence-corrected chi connectivity index (χ3v) is 6.18. The van der Waals surface area contributed by atoms with Gasteiger partial charge < -0.3 is 9.80 Å². The van der Waals surface area contributed by atoms with E-state index in [-0.39, 0.29) is 23.5 Å². The summed E-state index contributed by atoms with van der Waals surface area (Å²) in [4.78, 5) is 16.3. The van der Waals surface area contributed by atoms with E-state index in [4.69, 9.17) is 0 Å². The summed E-state index contributed by atoms with van der Waals surface area (Å²) in [6.45, 7) is 8.11. The van der Waals surface area contributed by atoms with Gasteiger partial charge in [0.05, 0.1) is 11.5 Å². The highest BCUT2D eigenvalue weighted by molar-refractivity contribution is 7.91. The summed E-state index contributed by atoms with van der Waals surface area (Å²) in [5, 5.41) is 8.31. The predicted molar refractivity (Wildman–Crippen MR) is 98.6 cm³/mol. The zero-order valence-electron chi connectivity index (χ0n) is 15.3. The molecule has 0 spiro atoms. The Morgan fingerprint density at radius 1 is 1.16 bits per heavy atom. The van der Waals surface area contributed by atoms with E-state index in [1.165, 1.54) is 0 Å². The lowest BCUT2D eigenvalue weighted by molar-refractivity contribution is 0.0748. The molecule has 2 rings (SSSR count). The van der Waals surface area contributed by atoms with Gasteiger partial charge in [0.15, 0.2) is 21.3 Å². The van der Waals surface area contributed by atoms with E-state index in [2.05, 4.69) is 10.2 Å². The molecule has 0 bridgehead atoms. The van der Waals surface area contributed by atoms with Crippen molar-refractivity contribution in [2.45, 2.75) is 46.1 Å². The topological polar surface area (TPSA) is 83.5 Å². The first-order valence-corrected chi connectivity index (χ1v) is 10.8. The summed E-state index contributed by atoms with van der Waals surface area (Å²) >= 11 is 0. The van der Waals surface area contributed by atoms with E-state index in [0.29, 0.717) is 37.6 Å². The summed E-state index contributed by atoms with van der Waals surface area (Å²) in [5.41, 5.74) is 0.334. The number of hydrogen-bond acceptors (Lipinski definition) is 6. The number of sulfone groups is 1. The fourth-order valence-electron chi connectivity index (χ4n) is 3.24. The second-order valence-electron chi connectivity index (χ2n) is 6.41. The van der Waals surface area contributed by atoms with E-state index in [9.17, 15) is 13.2 Å². The van der Waals surface area contributed by atoms with E-state index >= 15 is 0 Å². The maximum absolute atomic E-state index is 12.5. The van der Waals surface area contributed by atoms with Crippen LogP contribution in [-0.2, 0) is 9.84 Å². The number of anilines is 1. The number of carbonyl (C=O) groups excluding carboxylic acids is 1. The third kappa shape index (κ3) is 4.90. The van der Waals surface area contributed by atoms with Crippen LogP contribution in [0.3, 0.4) is 0 Å². The van der Waals surface area contributed by atoms with Crippen molar-refractivity contribution in [3.8, 4) is 0 Å². The quantitative estimate of drug-likeness (QED) is 0.695. The summed E-state index contributed by atoms with van der Waals surface area (Å²) in [6.07, 6.45) is 2.41. The first-order chi connectivity index (χ1) is 11.9. The Kier molecular flexibility index (Phi) is 6.75. The second kappa shape index (κ2) is 8.60. The molecule has 1 aromatic rings. The van der Waals surface area contributed by atoms with Crippen LogP contribution in [0.1, 0.15) is 50.5 Å². The van der Waals surface area contributed by atoms with Gasteiger partial charge in [0.2, 0.25) is 0 Å². The lowest BCUT2D eigenvalue weighted by Gasteiger charge is -2.27. The Morgan fingerprint density at radius 2 is 1.84 bits per heavy atom. The number of aromatic nitrogens is 2. The van der Waals surface area contributed by atoms with Crippen LogP contribution in [0.4, 0.5) is 5.82 Å². The highest BCUT2D eigenvalue weighted by atomic mass is 32.2. The largest absolute Gasteiger partial charge is 0.351 e. The van der Waals surface area contributed by atoms with Gasteiger partial charge in [0, 0.05) is 25.7 Å². The molecular weight excluding hydrogens is 340 g/mol. The average Bonchev–Trinajstić information content (AvgIpc) is 2.95. The summed E-state index contributed by atoms with van der Waals surface area (Å²) in [7, 11) is -2.95. The minimum atomic E-state index is -2.95. The smallest absolute Gasteiger partial charge is 0.274 e. The summed E-state index contributed by atoms with van der Waals surface area (Å²) in [5.74, 6) is 0.901. The molecule has 1 fully saturated rings. The van der Waals surface area contributed by atoms with Crippen LogP contribution in [-0.4, -0.2) is 66.6 Å². The third-order valence-electron chi connectivity index (χ3n) is 4.43. The monoisotopic (exact) mass is 368 g/mol. The average molecular weight is 369 g/mol. The van der Waals surface area contributed by atoms with Crippen molar-refractivity contribution in [3.05, 3.63) is 17.8 Å². The molecular formula is C17H28N4O3S. The fourth-order valence-corrected chi connectivity index (χ4v) is 4.97. The molecule has 1 amide bonds. The lowest BCUT2D eigenvalue weighted by Crippen LogP contribution is -2.37. The highest BCUT2D eigenvalue weighted by Crippen LogP contribution is 2.22. The van der Waals surface area contributed by atoms with Gasteiger partial charge in [0.1, 0.15) is 0 Å². The van der Waals surface area contributed by atoms with Gasteiger partial charge in [-0.25, -0.2) is 8.42 Å². The van der Waals surface area contributed by atoms with Crippen molar-refractivity contribution in [3.63, 3.8) is 0 Å². The van der Waals surface area contributed by atoms with Crippen LogP contribution < -0.4 is 4.90 Å². The summed E-state index contributed by atoms with van der Waals surface area (Å²) < 4.78 is 23.4. The first kappa shape index (κ1) is 19.6. The Labute approximate surface area is 150 Å². The van der Waals surface area contributed by atoms with Crippen LogP contribution in [0.15, 0.2) is 12.1 Å². The van der Waals surface area contributed by atoms with Crippen molar-refractivity contribution in [2.75, 3.05) is 36.0 Å². The van der Waals surface area contributed by atoms with Gasteiger partial charge >= 0.3 is 0 Å². The van der Waals surface area contributed by atoms with Crippen LogP contribution in [0.5, 0.6) is 0 Å². The molecule has 1 aromatic heterocycles. The molecule has 1 aliphatic heterocycles. The molecule has 1 aliphatic rings. The van der Waals surface area contributed by atoms with E-state index in [1.807, 2.05) is 25.7 Å². The van der Waals surface area contributed by atoms with Crippen LogP contribution in [0.2, 0.25) is 0 Å². The molecule has 0 saturated carbocycles. The van der Waals surface area contributed by atoms with Gasteiger partial charge in [-0.15, -0.1) is 10.2 Å². The van der Waals surface area contributed by atoms with Crippen LogP contribution in [0, 0.1) is 0 Å². The van der Waals surface area contributed by atoms with Crippen molar-refractivity contribution in [1.82, 2.24) is 15.1 Å². The number of nitrogens with zero attached hydrogens (tertiary/aromatic N) is 4. The maximum Gasteiger partial charge on any atom is 0.274 e. The fraction of sp³-hybridized carbons (Fsp3) is 0.706. The summed E-state index contributed by atoms with van der Waals surface area (Å²) in [6, 6.07) is 3.39. The van der Waals surface area contributed by atoms with Gasteiger partial charge in [-0.05, 0) is 38.3 Å². The van der Waals surface area contributed by atoms with E-state index < -0.39 is 9.84 Å². The molecule has 0 aromatic carbocycles. The molecule has 140 valence electrons. The van der Waals surface area contributed by atoms with Gasteiger partial charge in [-0.2, -0.15) is 0 Å². The minimum absolute atomic E-state index is 0.0671. The van der Waals surface area contributed by atoms with Gasteiger partial charge in [-0.1, -0.05) is 13.8 Å². The predicted octanol–water partition coefficient (Wildman–Crippen LogP) is 1.75. The highest BCUT2D eigenvalue weighted by Gasteiger charge is 2.32. The Morgan fingerprint density at radius 3 is 2.28 bits per heavy atom. The zero-order valence-corrected chi connectivity index (χ0v) is 16.1. The minimum Gasteiger partial charge on any atom is -0.351 e. The Balaban J connectivity index is 2.13. The number of rotatable bonds is 8. The number of carbonyl (C=O) groups is 1. The van der Waals surface area contributed by atoms with Crippen molar-refractivity contribution < 1.29 is 13.2 Å². The maximum atomic E-state index is 12.5. The second-order valence-corrected chi connectivity index (χ2v) is 8.64. The molecule has 8 heteroatoms. The van der Waals surface area contributed by atoms with Crippen LogP contribution >= 0.6 is 0 Å². The van der Waals surface area contributed by atoms with Gasteiger partial charge in [0.25, 0.3) is 5.91 Å². The molecule has 0 N–H and O–H groups in total. The molecule has 0 aliphatic carbocycles. The Bertz CT molecular complexity index is 670. The van der Waals surface area contributed by atoms with E-state index in [1.54, 1.807) is 17.0 Å². The lowest BCUT2D eigenvalue weighted by atomic mass is 10.2. The number of amides is 1. The van der Waals surface area contributed by atoms with Crippen molar-refractivity contribution >= 4 is 21.6 Å². The molecule has 1 saturated heterocycles. The zero-order chi connectivity index (χ0) is 18.4. The van der Waals surface area contributed by atoms with Crippen molar-refractivity contribution in [1.29, 1.82) is 0 Å². The van der Waals surface area contributed by atoms with Crippen molar-refractivity contribution in [2.24, 2.45) is 0 Å². The molecule has 2 heterocycles. The molecule has 7 nitrogen and oxygen atoms in total. The van der Waals surface area contributed by atoms with E-state index in [0.717, 1.165) is 12.8 Å². The van der Waals surface area contributed by atoms with Gasteiger partial charge in [-0.3, -0.25) is 4.79 Å². The molecule has 1 atom stereocenters. The molecule has 0 radical (unpaired) electrons. The standard InChI is InChI=1S/C17H28N4O3S/c1-4-10-20(11-5-2)17(22)15-7-8-16(19-18-15)21(6-3)14-9-12-25(23,24)13-14/h7-8,14H,4-6,9-13H2,1-3H3. The SMILES string of the molecule is CCCN(CCC)C(=O)c1ccc(N(CC)C2CCS(=O)(=O)C2)nn1. The number of hydrogen-bond donors (Lipinski definition) is 0. The Hall–Kier alpha value is -1.70. The normalized spacial score (nSPS) is 18.9. The first-order valence-electron chi connectivity index (χ1n) is 9.01.